The lowest BCUT2D eigenvalue weighted by Crippen LogP contribution is -2.15. The predicted octanol–water partition coefficient (Wildman–Crippen LogP) is 3.48. The SMILES string of the molecule is CC1=C(C(=O)OCc2ccccc2)[C@H]2CC[C@@H]1C2. The maximum Gasteiger partial charge on any atom is 0.334 e. The molecule has 0 radical (unpaired) electrons. The number of fused-ring (bicyclic) bond motifs is 2. The van der Waals surface area contributed by atoms with Crippen LogP contribution in [0, 0.1) is 11.8 Å². The molecule has 2 nitrogen and oxygen atoms in total. The first kappa shape index (κ1) is 11.5. The summed E-state index contributed by atoms with van der Waals surface area (Å²) >= 11 is 0. The zero-order chi connectivity index (χ0) is 12.5. The third kappa shape index (κ3) is 1.96. The van der Waals surface area contributed by atoms with Crippen LogP contribution in [0.1, 0.15) is 31.7 Å². The van der Waals surface area contributed by atoms with Crippen LogP contribution in [-0.2, 0) is 16.1 Å². The van der Waals surface area contributed by atoms with E-state index in [4.69, 9.17) is 4.74 Å². The van der Waals surface area contributed by atoms with E-state index in [2.05, 4.69) is 6.92 Å². The second-order valence-electron chi connectivity index (χ2n) is 5.37. The van der Waals surface area contributed by atoms with Crippen LogP contribution in [0.4, 0.5) is 0 Å². The Morgan fingerprint density at radius 3 is 2.61 bits per heavy atom. The number of ether oxygens (including phenoxy) is 1. The fraction of sp³-hybridized carbons (Fsp3) is 0.438. The van der Waals surface area contributed by atoms with Crippen LogP contribution in [0.5, 0.6) is 0 Å². The zero-order valence-corrected chi connectivity index (χ0v) is 10.7. The molecule has 1 aromatic rings. The van der Waals surface area contributed by atoms with Crippen LogP contribution >= 0.6 is 0 Å². The van der Waals surface area contributed by atoms with Crippen LogP contribution in [0.25, 0.3) is 0 Å². The van der Waals surface area contributed by atoms with Gasteiger partial charge in [0.2, 0.25) is 0 Å². The van der Waals surface area contributed by atoms with Gasteiger partial charge in [-0.25, -0.2) is 4.79 Å². The Morgan fingerprint density at radius 1 is 1.22 bits per heavy atom. The zero-order valence-electron chi connectivity index (χ0n) is 10.7. The highest BCUT2D eigenvalue weighted by atomic mass is 16.5. The van der Waals surface area contributed by atoms with Crippen molar-refractivity contribution >= 4 is 5.97 Å². The fourth-order valence-corrected chi connectivity index (χ4v) is 3.31. The van der Waals surface area contributed by atoms with E-state index >= 15 is 0 Å². The van der Waals surface area contributed by atoms with Gasteiger partial charge in [0, 0.05) is 5.57 Å². The van der Waals surface area contributed by atoms with E-state index < -0.39 is 0 Å². The first-order chi connectivity index (χ1) is 8.75. The molecular formula is C16H18O2. The van der Waals surface area contributed by atoms with Gasteiger partial charge in [0.05, 0.1) is 0 Å². The second kappa shape index (κ2) is 4.60. The fourth-order valence-electron chi connectivity index (χ4n) is 3.31. The molecule has 1 saturated carbocycles. The van der Waals surface area contributed by atoms with Gasteiger partial charge < -0.3 is 4.74 Å². The number of rotatable bonds is 3. The summed E-state index contributed by atoms with van der Waals surface area (Å²) in [4.78, 5) is 12.1. The normalized spacial score (nSPS) is 25.6. The van der Waals surface area contributed by atoms with Gasteiger partial charge in [-0.15, -0.1) is 0 Å². The Morgan fingerprint density at radius 2 is 1.94 bits per heavy atom. The first-order valence-corrected chi connectivity index (χ1v) is 6.67. The maximum atomic E-state index is 12.1. The number of benzene rings is 1. The molecule has 3 rings (SSSR count). The molecule has 1 fully saturated rings. The molecule has 0 saturated heterocycles. The molecule has 0 amide bonds. The number of carbonyl (C=O) groups is 1. The molecule has 0 aromatic heterocycles. The Kier molecular flexibility index (Phi) is 2.94. The molecular weight excluding hydrogens is 224 g/mol. The monoisotopic (exact) mass is 242 g/mol. The molecule has 2 aliphatic rings. The molecule has 2 aliphatic carbocycles. The highest BCUT2D eigenvalue weighted by molar-refractivity contribution is 5.91. The van der Waals surface area contributed by atoms with Gasteiger partial charge in [-0.1, -0.05) is 35.9 Å². The highest BCUT2D eigenvalue weighted by Gasteiger charge is 2.40. The van der Waals surface area contributed by atoms with E-state index in [1.165, 1.54) is 18.4 Å². The van der Waals surface area contributed by atoms with E-state index in [9.17, 15) is 4.79 Å². The molecule has 0 unspecified atom stereocenters. The summed E-state index contributed by atoms with van der Waals surface area (Å²) in [5.74, 6) is 1.02. The number of carbonyl (C=O) groups excluding carboxylic acids is 1. The average Bonchev–Trinajstić information content (AvgIpc) is 2.98. The summed E-state index contributed by atoms with van der Waals surface area (Å²) in [6, 6.07) is 9.86. The quantitative estimate of drug-likeness (QED) is 0.758. The van der Waals surface area contributed by atoms with E-state index in [1.54, 1.807) is 0 Å². The average molecular weight is 242 g/mol. The van der Waals surface area contributed by atoms with Gasteiger partial charge in [-0.05, 0) is 43.6 Å². The molecule has 0 heterocycles. The smallest absolute Gasteiger partial charge is 0.334 e. The third-order valence-corrected chi connectivity index (χ3v) is 4.31. The summed E-state index contributed by atoms with van der Waals surface area (Å²) < 4.78 is 5.44. The number of esters is 1. The van der Waals surface area contributed by atoms with Gasteiger partial charge in [0.25, 0.3) is 0 Å². The van der Waals surface area contributed by atoms with Crippen LogP contribution in [0.2, 0.25) is 0 Å². The minimum atomic E-state index is -0.0939. The topological polar surface area (TPSA) is 26.3 Å². The highest BCUT2D eigenvalue weighted by Crippen LogP contribution is 2.48. The van der Waals surface area contributed by atoms with Gasteiger partial charge in [0.1, 0.15) is 6.61 Å². The van der Waals surface area contributed by atoms with Crippen molar-refractivity contribution in [3.05, 3.63) is 47.0 Å². The molecule has 2 bridgehead atoms. The Bertz CT molecular complexity index is 487. The van der Waals surface area contributed by atoms with Gasteiger partial charge in [-0.2, -0.15) is 0 Å². The summed E-state index contributed by atoms with van der Waals surface area (Å²) in [6.07, 6.45) is 3.59. The van der Waals surface area contributed by atoms with Crippen molar-refractivity contribution in [2.24, 2.45) is 11.8 Å². The van der Waals surface area contributed by atoms with Crippen LogP contribution in [0.3, 0.4) is 0 Å². The lowest BCUT2D eigenvalue weighted by Gasteiger charge is -2.16. The summed E-state index contributed by atoms with van der Waals surface area (Å²) in [5, 5.41) is 0. The summed E-state index contributed by atoms with van der Waals surface area (Å²) in [6.45, 7) is 2.48. The van der Waals surface area contributed by atoms with Crippen molar-refractivity contribution in [1.82, 2.24) is 0 Å². The second-order valence-corrected chi connectivity index (χ2v) is 5.37. The Hall–Kier alpha value is -1.57. The van der Waals surface area contributed by atoms with E-state index in [-0.39, 0.29) is 5.97 Å². The summed E-state index contributed by atoms with van der Waals surface area (Å²) in [5.41, 5.74) is 3.30. The molecule has 2 heteroatoms. The third-order valence-electron chi connectivity index (χ3n) is 4.31. The van der Waals surface area contributed by atoms with E-state index in [1.807, 2.05) is 30.3 Å². The first-order valence-electron chi connectivity index (χ1n) is 6.67. The maximum absolute atomic E-state index is 12.1. The van der Waals surface area contributed by atoms with E-state index in [0.717, 1.165) is 17.6 Å². The van der Waals surface area contributed by atoms with Gasteiger partial charge >= 0.3 is 5.97 Å². The standard InChI is InChI=1S/C16H18O2/c1-11-13-7-8-14(9-13)15(11)16(17)18-10-12-5-3-2-4-6-12/h2-6,13-14H,7-10H2,1H3/t13-,14+/m1/s1. The minimum Gasteiger partial charge on any atom is -0.457 e. The number of allylic oxidation sites excluding steroid dienone is 1. The number of hydrogen-bond acceptors (Lipinski definition) is 2. The van der Waals surface area contributed by atoms with Gasteiger partial charge in [0.15, 0.2) is 0 Å². The molecule has 94 valence electrons. The lowest BCUT2D eigenvalue weighted by molar-refractivity contribution is -0.140. The van der Waals surface area contributed by atoms with Crippen molar-refractivity contribution in [2.45, 2.75) is 32.8 Å². The Balaban J connectivity index is 1.66. The van der Waals surface area contributed by atoms with Crippen molar-refractivity contribution in [2.75, 3.05) is 0 Å². The summed E-state index contributed by atoms with van der Waals surface area (Å²) in [7, 11) is 0. The van der Waals surface area contributed by atoms with Crippen molar-refractivity contribution in [1.29, 1.82) is 0 Å². The molecule has 0 spiro atoms. The minimum absolute atomic E-state index is 0.0939. The molecule has 18 heavy (non-hydrogen) atoms. The van der Waals surface area contributed by atoms with E-state index in [0.29, 0.717) is 18.4 Å². The molecule has 1 aromatic carbocycles. The number of hydrogen-bond donors (Lipinski definition) is 0. The van der Waals surface area contributed by atoms with Crippen LogP contribution in [-0.4, -0.2) is 5.97 Å². The van der Waals surface area contributed by atoms with Gasteiger partial charge in [-0.3, -0.25) is 0 Å². The lowest BCUT2D eigenvalue weighted by atomic mass is 9.93. The van der Waals surface area contributed by atoms with Crippen LogP contribution < -0.4 is 0 Å². The largest absolute Gasteiger partial charge is 0.457 e. The molecule has 2 atom stereocenters. The Labute approximate surface area is 108 Å². The van der Waals surface area contributed by atoms with Crippen molar-refractivity contribution < 1.29 is 9.53 Å². The predicted molar refractivity (Wildman–Crippen MR) is 69.8 cm³/mol. The van der Waals surface area contributed by atoms with Crippen LogP contribution in [0.15, 0.2) is 41.5 Å². The van der Waals surface area contributed by atoms with Crippen molar-refractivity contribution in [3.8, 4) is 0 Å². The van der Waals surface area contributed by atoms with Crippen molar-refractivity contribution in [3.63, 3.8) is 0 Å². The molecule has 0 N–H and O–H groups in total. The molecule has 0 aliphatic heterocycles.